The van der Waals surface area contributed by atoms with Crippen molar-refractivity contribution in [2.45, 2.75) is 25.8 Å². The maximum absolute atomic E-state index is 5.97. The molecule has 0 bridgehead atoms. The smallest absolute Gasteiger partial charge is 0.161 e. The van der Waals surface area contributed by atoms with Crippen LogP contribution in [0.25, 0.3) is 0 Å². The van der Waals surface area contributed by atoms with Crippen LogP contribution >= 0.6 is 0 Å². The number of hydrogen-bond acceptors (Lipinski definition) is 5. The quantitative estimate of drug-likeness (QED) is 0.633. The molecule has 0 radical (unpaired) electrons. The first-order valence-electron chi connectivity index (χ1n) is 7.33. The van der Waals surface area contributed by atoms with E-state index in [9.17, 15) is 0 Å². The molecule has 1 unspecified atom stereocenters. The highest BCUT2D eigenvalue weighted by Gasteiger charge is 2.08. The van der Waals surface area contributed by atoms with Crippen LogP contribution in [-0.2, 0) is 15.9 Å². The third-order valence-electron chi connectivity index (χ3n) is 3.17. The van der Waals surface area contributed by atoms with Gasteiger partial charge in [0.25, 0.3) is 0 Å². The molecule has 1 atom stereocenters. The Morgan fingerprint density at radius 2 is 1.81 bits per heavy atom. The van der Waals surface area contributed by atoms with Crippen LogP contribution in [0.3, 0.4) is 0 Å². The van der Waals surface area contributed by atoms with Gasteiger partial charge in [0.2, 0.25) is 0 Å². The SMILES string of the molecule is CCC(N)Cc1ccc(OCCOCCOC)c(OC)c1. The lowest BCUT2D eigenvalue weighted by Gasteiger charge is -2.14. The average molecular weight is 297 g/mol. The Morgan fingerprint density at radius 1 is 1.05 bits per heavy atom. The van der Waals surface area contributed by atoms with E-state index >= 15 is 0 Å². The van der Waals surface area contributed by atoms with Gasteiger partial charge in [-0.2, -0.15) is 0 Å². The summed E-state index contributed by atoms with van der Waals surface area (Å²) in [5, 5.41) is 0. The summed E-state index contributed by atoms with van der Waals surface area (Å²) in [6, 6.07) is 6.11. The van der Waals surface area contributed by atoms with Crippen molar-refractivity contribution in [1.29, 1.82) is 0 Å². The Bertz CT molecular complexity index is 398. The third-order valence-corrected chi connectivity index (χ3v) is 3.17. The van der Waals surface area contributed by atoms with Crippen LogP contribution in [0.1, 0.15) is 18.9 Å². The van der Waals surface area contributed by atoms with Crippen molar-refractivity contribution >= 4 is 0 Å². The van der Waals surface area contributed by atoms with Crippen LogP contribution in [0, 0.1) is 0 Å². The fourth-order valence-corrected chi connectivity index (χ4v) is 1.86. The first kappa shape index (κ1) is 17.8. The molecule has 21 heavy (non-hydrogen) atoms. The summed E-state index contributed by atoms with van der Waals surface area (Å²) in [5.41, 5.74) is 7.13. The Balaban J connectivity index is 2.46. The monoisotopic (exact) mass is 297 g/mol. The number of rotatable bonds is 11. The van der Waals surface area contributed by atoms with Gasteiger partial charge in [-0.15, -0.1) is 0 Å². The van der Waals surface area contributed by atoms with Crippen molar-refractivity contribution in [2.24, 2.45) is 5.73 Å². The lowest BCUT2D eigenvalue weighted by Crippen LogP contribution is -2.21. The van der Waals surface area contributed by atoms with Crippen molar-refractivity contribution in [2.75, 3.05) is 40.6 Å². The molecule has 1 aromatic carbocycles. The molecule has 120 valence electrons. The molecule has 0 spiro atoms. The van der Waals surface area contributed by atoms with Crippen molar-refractivity contribution in [3.8, 4) is 11.5 Å². The lowest BCUT2D eigenvalue weighted by atomic mass is 10.0. The van der Waals surface area contributed by atoms with E-state index < -0.39 is 0 Å². The van der Waals surface area contributed by atoms with Gasteiger partial charge < -0.3 is 24.7 Å². The van der Waals surface area contributed by atoms with Crippen molar-refractivity contribution in [1.82, 2.24) is 0 Å². The Kier molecular flexibility index (Phi) is 8.82. The first-order chi connectivity index (χ1) is 10.2. The van der Waals surface area contributed by atoms with Gasteiger partial charge in [-0.3, -0.25) is 0 Å². The van der Waals surface area contributed by atoms with E-state index in [1.54, 1.807) is 14.2 Å². The highest BCUT2D eigenvalue weighted by atomic mass is 16.5. The maximum Gasteiger partial charge on any atom is 0.161 e. The molecule has 5 nitrogen and oxygen atoms in total. The minimum absolute atomic E-state index is 0.177. The van der Waals surface area contributed by atoms with E-state index in [0.717, 1.165) is 29.9 Å². The van der Waals surface area contributed by atoms with Gasteiger partial charge >= 0.3 is 0 Å². The van der Waals surface area contributed by atoms with E-state index in [0.29, 0.717) is 26.4 Å². The van der Waals surface area contributed by atoms with E-state index in [-0.39, 0.29) is 6.04 Å². The van der Waals surface area contributed by atoms with Gasteiger partial charge in [0.15, 0.2) is 11.5 Å². The molecule has 0 fully saturated rings. The van der Waals surface area contributed by atoms with Crippen molar-refractivity contribution in [3.63, 3.8) is 0 Å². The second-order valence-electron chi connectivity index (χ2n) is 4.81. The lowest BCUT2D eigenvalue weighted by molar-refractivity contribution is 0.0540. The molecule has 0 saturated heterocycles. The molecule has 0 aliphatic rings. The molecule has 0 saturated carbocycles. The van der Waals surface area contributed by atoms with Crippen LogP contribution < -0.4 is 15.2 Å². The van der Waals surface area contributed by atoms with Gasteiger partial charge in [-0.05, 0) is 30.5 Å². The van der Waals surface area contributed by atoms with Gasteiger partial charge in [-0.1, -0.05) is 13.0 Å². The molecule has 0 aliphatic carbocycles. The Hall–Kier alpha value is -1.30. The highest BCUT2D eigenvalue weighted by Crippen LogP contribution is 2.28. The van der Waals surface area contributed by atoms with Gasteiger partial charge in [0.05, 0.1) is 26.9 Å². The fraction of sp³-hybridized carbons (Fsp3) is 0.625. The predicted molar refractivity (Wildman–Crippen MR) is 83.2 cm³/mol. The van der Waals surface area contributed by atoms with E-state index in [2.05, 4.69) is 6.92 Å². The third kappa shape index (κ3) is 6.80. The second-order valence-corrected chi connectivity index (χ2v) is 4.81. The summed E-state index contributed by atoms with van der Waals surface area (Å²) < 4.78 is 21.3. The zero-order valence-corrected chi connectivity index (χ0v) is 13.3. The van der Waals surface area contributed by atoms with Crippen LogP contribution in [0.5, 0.6) is 11.5 Å². The first-order valence-corrected chi connectivity index (χ1v) is 7.33. The number of benzene rings is 1. The van der Waals surface area contributed by atoms with E-state index in [1.807, 2.05) is 18.2 Å². The van der Waals surface area contributed by atoms with E-state index in [1.165, 1.54) is 0 Å². The Labute approximate surface area is 127 Å². The number of hydrogen-bond donors (Lipinski definition) is 1. The molecule has 0 heterocycles. The predicted octanol–water partition coefficient (Wildman–Crippen LogP) is 2.02. The number of methoxy groups -OCH3 is 2. The van der Waals surface area contributed by atoms with Crippen molar-refractivity contribution < 1.29 is 18.9 Å². The second kappa shape index (κ2) is 10.4. The minimum atomic E-state index is 0.177. The summed E-state index contributed by atoms with van der Waals surface area (Å²) in [6.07, 6.45) is 1.80. The molecule has 0 amide bonds. The summed E-state index contributed by atoms with van der Waals surface area (Å²) in [6.45, 7) is 4.26. The minimum Gasteiger partial charge on any atom is -0.493 e. The van der Waals surface area contributed by atoms with Crippen LogP contribution in [-0.4, -0.2) is 46.7 Å². The van der Waals surface area contributed by atoms with Crippen LogP contribution in [0.15, 0.2) is 18.2 Å². The Morgan fingerprint density at radius 3 is 2.48 bits per heavy atom. The molecular formula is C16H27NO4. The van der Waals surface area contributed by atoms with Gasteiger partial charge in [-0.25, -0.2) is 0 Å². The normalized spacial score (nSPS) is 12.2. The standard InChI is InChI=1S/C16H27NO4/c1-4-14(17)11-13-5-6-15(16(12-13)19-3)21-10-9-20-8-7-18-2/h5-6,12,14H,4,7-11,17H2,1-3H3. The molecule has 5 heteroatoms. The van der Waals surface area contributed by atoms with Gasteiger partial charge in [0.1, 0.15) is 6.61 Å². The number of nitrogens with two attached hydrogens (primary N) is 1. The van der Waals surface area contributed by atoms with Crippen LogP contribution in [0.2, 0.25) is 0 Å². The molecular weight excluding hydrogens is 270 g/mol. The number of ether oxygens (including phenoxy) is 4. The summed E-state index contributed by atoms with van der Waals surface area (Å²) in [4.78, 5) is 0. The topological polar surface area (TPSA) is 62.9 Å². The highest BCUT2D eigenvalue weighted by molar-refractivity contribution is 5.43. The summed E-state index contributed by atoms with van der Waals surface area (Å²) in [5.74, 6) is 1.45. The molecule has 0 aromatic heterocycles. The van der Waals surface area contributed by atoms with Gasteiger partial charge in [0, 0.05) is 13.2 Å². The van der Waals surface area contributed by atoms with E-state index in [4.69, 9.17) is 24.7 Å². The molecule has 1 aromatic rings. The molecule has 0 aliphatic heterocycles. The summed E-state index contributed by atoms with van der Waals surface area (Å²) >= 11 is 0. The maximum atomic E-state index is 5.97. The average Bonchev–Trinajstić information content (AvgIpc) is 2.51. The fourth-order valence-electron chi connectivity index (χ4n) is 1.86. The van der Waals surface area contributed by atoms with Crippen molar-refractivity contribution in [3.05, 3.63) is 23.8 Å². The summed E-state index contributed by atoms with van der Waals surface area (Å²) in [7, 11) is 3.29. The molecule has 2 N–H and O–H groups in total. The zero-order chi connectivity index (χ0) is 15.5. The van der Waals surface area contributed by atoms with Crippen LogP contribution in [0.4, 0.5) is 0 Å². The largest absolute Gasteiger partial charge is 0.493 e. The molecule has 1 rings (SSSR count). The zero-order valence-electron chi connectivity index (χ0n) is 13.3.